The van der Waals surface area contributed by atoms with E-state index in [1.54, 1.807) is 0 Å². The Morgan fingerprint density at radius 3 is 2.43 bits per heavy atom. The number of hydrogen-bond acceptors (Lipinski definition) is 4. The van der Waals surface area contributed by atoms with Gasteiger partial charge >= 0.3 is 0 Å². The Bertz CT molecular complexity index is 348. The molecule has 1 aliphatic rings. The van der Waals surface area contributed by atoms with Crippen LogP contribution in [-0.2, 0) is 13.2 Å². The summed E-state index contributed by atoms with van der Waals surface area (Å²) in [5.74, 6) is 1.15. The third-order valence-electron chi connectivity index (χ3n) is 2.51. The Balaban J connectivity index is 2.49. The highest BCUT2D eigenvalue weighted by molar-refractivity contribution is 5.30. The number of aliphatic hydroxyl groups is 2. The van der Waals surface area contributed by atoms with Crippen molar-refractivity contribution in [1.29, 1.82) is 0 Å². The molecule has 1 aliphatic carbocycles. The summed E-state index contributed by atoms with van der Waals surface area (Å²) in [6.07, 6.45) is 2.27. The van der Waals surface area contributed by atoms with Crippen LogP contribution in [-0.4, -0.2) is 20.2 Å². The predicted molar refractivity (Wildman–Crippen MR) is 50.6 cm³/mol. The van der Waals surface area contributed by atoms with Crippen LogP contribution in [0.5, 0.6) is 0 Å². The third-order valence-corrected chi connectivity index (χ3v) is 2.51. The minimum Gasteiger partial charge on any atom is -0.392 e. The number of hydrogen-bond donors (Lipinski definition) is 2. The van der Waals surface area contributed by atoms with E-state index in [1.165, 1.54) is 0 Å². The Kier molecular flexibility index (Phi) is 2.48. The fourth-order valence-electron chi connectivity index (χ4n) is 1.67. The van der Waals surface area contributed by atoms with E-state index in [-0.39, 0.29) is 13.2 Å². The molecule has 0 aliphatic heterocycles. The fraction of sp³-hybridized carbons (Fsp3) is 0.600. The normalized spacial score (nSPS) is 15.9. The Labute approximate surface area is 82.6 Å². The number of aliphatic hydroxyl groups excluding tert-OH is 2. The van der Waals surface area contributed by atoms with Crippen molar-refractivity contribution in [2.75, 3.05) is 0 Å². The first-order valence-electron chi connectivity index (χ1n) is 4.84. The summed E-state index contributed by atoms with van der Waals surface area (Å²) in [5, 5.41) is 18.3. The van der Waals surface area contributed by atoms with Crippen molar-refractivity contribution < 1.29 is 10.2 Å². The van der Waals surface area contributed by atoms with Gasteiger partial charge in [0, 0.05) is 11.5 Å². The molecule has 2 N–H and O–H groups in total. The van der Waals surface area contributed by atoms with Crippen LogP contribution in [0.3, 0.4) is 0 Å². The van der Waals surface area contributed by atoms with E-state index in [1.807, 2.05) is 6.92 Å². The molecule has 0 aromatic carbocycles. The highest BCUT2D eigenvalue weighted by atomic mass is 16.3. The first kappa shape index (κ1) is 9.55. The molecule has 0 amide bonds. The summed E-state index contributed by atoms with van der Waals surface area (Å²) in [5.41, 5.74) is 2.23. The van der Waals surface area contributed by atoms with Crippen LogP contribution in [0, 0.1) is 6.92 Å². The van der Waals surface area contributed by atoms with Crippen molar-refractivity contribution >= 4 is 0 Å². The fourth-order valence-corrected chi connectivity index (χ4v) is 1.67. The Morgan fingerprint density at radius 1 is 1.21 bits per heavy atom. The molecular weight excluding hydrogens is 180 g/mol. The zero-order valence-corrected chi connectivity index (χ0v) is 8.19. The van der Waals surface area contributed by atoms with Gasteiger partial charge in [-0.05, 0) is 19.8 Å². The molecular formula is C10H14N2O2. The number of aromatic nitrogens is 2. The van der Waals surface area contributed by atoms with Crippen LogP contribution in [0.2, 0.25) is 0 Å². The van der Waals surface area contributed by atoms with Gasteiger partial charge in [-0.15, -0.1) is 0 Å². The molecule has 0 saturated heterocycles. The minimum absolute atomic E-state index is 0.0813. The second-order valence-electron chi connectivity index (χ2n) is 3.67. The zero-order valence-electron chi connectivity index (χ0n) is 8.19. The van der Waals surface area contributed by atoms with Crippen molar-refractivity contribution in [1.82, 2.24) is 9.97 Å². The lowest BCUT2D eigenvalue weighted by atomic mass is 10.1. The summed E-state index contributed by atoms with van der Waals surface area (Å²) in [7, 11) is 0. The standard InChI is InChI=1S/C10H14N2O2/c1-6-11-9(5-14)8(4-13)10(12-6)7-2-3-7/h7,13-14H,2-5H2,1H3. The van der Waals surface area contributed by atoms with E-state index in [9.17, 15) is 5.11 Å². The highest BCUT2D eigenvalue weighted by Gasteiger charge is 2.29. The van der Waals surface area contributed by atoms with Crippen LogP contribution in [0.15, 0.2) is 0 Å². The van der Waals surface area contributed by atoms with Crippen molar-refractivity contribution in [3.05, 3.63) is 22.8 Å². The molecule has 0 unspecified atom stereocenters. The third kappa shape index (κ3) is 1.63. The van der Waals surface area contributed by atoms with Crippen molar-refractivity contribution in [3.8, 4) is 0 Å². The number of aryl methyl sites for hydroxylation is 1. The molecule has 1 heterocycles. The van der Waals surface area contributed by atoms with Crippen LogP contribution in [0.25, 0.3) is 0 Å². The number of rotatable bonds is 3. The van der Waals surface area contributed by atoms with Crippen LogP contribution < -0.4 is 0 Å². The van der Waals surface area contributed by atoms with Gasteiger partial charge < -0.3 is 10.2 Å². The summed E-state index contributed by atoms with van der Waals surface area (Å²) < 4.78 is 0. The second-order valence-corrected chi connectivity index (χ2v) is 3.67. The van der Waals surface area contributed by atoms with Gasteiger partial charge in [0.15, 0.2) is 0 Å². The quantitative estimate of drug-likeness (QED) is 0.741. The largest absolute Gasteiger partial charge is 0.392 e. The SMILES string of the molecule is Cc1nc(CO)c(CO)c(C2CC2)n1. The maximum atomic E-state index is 9.21. The molecule has 1 aromatic rings. The minimum atomic E-state index is -0.126. The van der Waals surface area contributed by atoms with Gasteiger partial charge in [0.05, 0.1) is 24.6 Å². The van der Waals surface area contributed by atoms with Crippen molar-refractivity contribution in [2.24, 2.45) is 0 Å². The molecule has 0 radical (unpaired) electrons. The van der Waals surface area contributed by atoms with E-state index in [0.717, 1.165) is 24.1 Å². The Hall–Kier alpha value is -1.00. The van der Waals surface area contributed by atoms with Crippen LogP contribution in [0.4, 0.5) is 0 Å². The Morgan fingerprint density at radius 2 is 1.93 bits per heavy atom. The van der Waals surface area contributed by atoms with Gasteiger partial charge in [-0.2, -0.15) is 0 Å². The van der Waals surface area contributed by atoms with Gasteiger partial charge in [-0.25, -0.2) is 9.97 Å². The van der Waals surface area contributed by atoms with Gasteiger partial charge in [0.2, 0.25) is 0 Å². The summed E-state index contributed by atoms with van der Waals surface area (Å²) in [6.45, 7) is 1.60. The monoisotopic (exact) mass is 194 g/mol. The maximum absolute atomic E-state index is 9.21. The molecule has 0 atom stereocenters. The zero-order chi connectivity index (χ0) is 10.1. The van der Waals surface area contributed by atoms with Crippen molar-refractivity contribution in [3.63, 3.8) is 0 Å². The lowest BCUT2D eigenvalue weighted by Crippen LogP contribution is -2.07. The van der Waals surface area contributed by atoms with Gasteiger partial charge in [0.25, 0.3) is 0 Å². The second kappa shape index (κ2) is 3.63. The van der Waals surface area contributed by atoms with Crippen LogP contribution in [0.1, 0.15) is 41.5 Å². The molecule has 1 fully saturated rings. The molecule has 2 rings (SSSR count). The first-order valence-corrected chi connectivity index (χ1v) is 4.84. The van der Waals surface area contributed by atoms with Crippen molar-refractivity contribution in [2.45, 2.75) is 38.9 Å². The maximum Gasteiger partial charge on any atom is 0.125 e. The summed E-state index contributed by atoms with van der Waals surface area (Å²) in [6, 6.07) is 0. The van der Waals surface area contributed by atoms with E-state index < -0.39 is 0 Å². The molecule has 4 heteroatoms. The predicted octanol–water partition coefficient (Wildman–Crippen LogP) is 0.647. The topological polar surface area (TPSA) is 66.2 Å². The van der Waals surface area contributed by atoms with Gasteiger partial charge in [-0.1, -0.05) is 0 Å². The molecule has 1 saturated carbocycles. The van der Waals surface area contributed by atoms with Crippen LogP contribution >= 0.6 is 0 Å². The lowest BCUT2D eigenvalue weighted by molar-refractivity contribution is 0.253. The highest BCUT2D eigenvalue weighted by Crippen LogP contribution is 2.41. The average Bonchev–Trinajstić information content (AvgIpc) is 2.99. The smallest absolute Gasteiger partial charge is 0.125 e. The van der Waals surface area contributed by atoms with E-state index in [2.05, 4.69) is 9.97 Å². The molecule has 1 aromatic heterocycles. The molecule has 0 spiro atoms. The molecule has 4 nitrogen and oxygen atoms in total. The van der Waals surface area contributed by atoms with E-state index >= 15 is 0 Å². The molecule has 0 bridgehead atoms. The summed E-state index contributed by atoms with van der Waals surface area (Å²) >= 11 is 0. The average molecular weight is 194 g/mol. The van der Waals surface area contributed by atoms with E-state index in [4.69, 9.17) is 5.11 Å². The van der Waals surface area contributed by atoms with E-state index in [0.29, 0.717) is 17.4 Å². The summed E-state index contributed by atoms with van der Waals surface area (Å²) in [4.78, 5) is 8.44. The van der Waals surface area contributed by atoms with Gasteiger partial charge in [0.1, 0.15) is 5.82 Å². The molecule has 14 heavy (non-hydrogen) atoms. The molecule has 76 valence electrons. The van der Waals surface area contributed by atoms with Gasteiger partial charge in [-0.3, -0.25) is 0 Å². The number of nitrogens with zero attached hydrogens (tertiary/aromatic N) is 2. The first-order chi connectivity index (χ1) is 6.76. The lowest BCUT2D eigenvalue weighted by Gasteiger charge is -2.10.